The molecule has 0 spiro atoms. The van der Waals surface area contributed by atoms with Crippen molar-refractivity contribution in [2.75, 3.05) is 16.2 Å². The number of rotatable bonds is 4. The lowest BCUT2D eigenvalue weighted by Gasteiger charge is -2.18. The molecule has 3 aromatic rings. The summed E-state index contributed by atoms with van der Waals surface area (Å²) in [7, 11) is -3.83. The lowest BCUT2D eigenvalue weighted by molar-refractivity contribution is -0.114. The fourth-order valence-corrected chi connectivity index (χ4v) is 7.32. The van der Waals surface area contributed by atoms with Crippen molar-refractivity contribution >= 4 is 54.6 Å². The van der Waals surface area contributed by atoms with E-state index in [1.807, 2.05) is 12.1 Å². The minimum Gasteiger partial charge on any atom is -0.365 e. The summed E-state index contributed by atoms with van der Waals surface area (Å²) in [6.07, 6.45) is 3.63. The van der Waals surface area contributed by atoms with E-state index in [0.717, 1.165) is 45.8 Å². The summed E-state index contributed by atoms with van der Waals surface area (Å²) >= 11 is 1.36. The van der Waals surface area contributed by atoms with Gasteiger partial charge in [-0.25, -0.2) is 8.42 Å². The third-order valence-corrected chi connectivity index (χ3v) is 8.65. The normalized spacial score (nSPS) is 16.5. The number of nitrogens with zero attached hydrogens (tertiary/aromatic N) is 1. The average Bonchev–Trinajstić information content (AvgIpc) is 3.18. The summed E-state index contributed by atoms with van der Waals surface area (Å²) in [4.78, 5) is 26.1. The monoisotopic (exact) mass is 441 g/mol. The second kappa shape index (κ2) is 6.82. The van der Waals surface area contributed by atoms with Gasteiger partial charge in [0.2, 0.25) is 5.91 Å². The van der Waals surface area contributed by atoms with E-state index in [0.29, 0.717) is 21.6 Å². The van der Waals surface area contributed by atoms with Crippen molar-refractivity contribution in [3.63, 3.8) is 0 Å². The first-order valence-electron chi connectivity index (χ1n) is 9.66. The number of carbonyl (C=O) groups is 2. The maximum absolute atomic E-state index is 13.1. The number of sulfonamides is 1. The summed E-state index contributed by atoms with van der Waals surface area (Å²) in [6, 6.07) is 10.4. The minimum atomic E-state index is -3.83. The van der Waals surface area contributed by atoms with Crippen LogP contribution < -0.4 is 15.4 Å². The number of primary amides is 1. The van der Waals surface area contributed by atoms with Gasteiger partial charge >= 0.3 is 0 Å². The highest BCUT2D eigenvalue weighted by molar-refractivity contribution is 7.93. The molecule has 0 fully saturated rings. The van der Waals surface area contributed by atoms with Crippen molar-refractivity contribution in [2.45, 2.75) is 30.6 Å². The summed E-state index contributed by atoms with van der Waals surface area (Å²) in [6.45, 7) is -0.378. The Morgan fingerprint density at radius 3 is 2.60 bits per heavy atom. The van der Waals surface area contributed by atoms with E-state index in [1.54, 1.807) is 24.3 Å². The third-order valence-electron chi connectivity index (χ3n) is 5.64. The number of anilines is 2. The van der Waals surface area contributed by atoms with Crippen LogP contribution in [0.15, 0.2) is 41.3 Å². The molecule has 0 bridgehead atoms. The fourth-order valence-electron chi connectivity index (χ4n) is 4.34. The molecule has 2 amide bonds. The molecule has 0 saturated heterocycles. The highest BCUT2D eigenvalue weighted by atomic mass is 32.2. The van der Waals surface area contributed by atoms with Crippen molar-refractivity contribution < 1.29 is 18.0 Å². The molecule has 2 aliphatic rings. The summed E-state index contributed by atoms with van der Waals surface area (Å²) in [5.74, 6) is -1.08. The number of thiophene rings is 1. The summed E-state index contributed by atoms with van der Waals surface area (Å²) < 4.78 is 27.2. The van der Waals surface area contributed by atoms with Gasteiger partial charge in [-0.15, -0.1) is 11.3 Å². The second-order valence-electron chi connectivity index (χ2n) is 7.47. The SMILES string of the molecule is NC(=O)c1c(NC(=O)CN2c3cccc4cccc(c34)S2(=O)=O)sc2c1CCCC2. The molecule has 1 aliphatic carbocycles. The largest absolute Gasteiger partial charge is 0.365 e. The van der Waals surface area contributed by atoms with Gasteiger partial charge in [-0.3, -0.25) is 13.9 Å². The molecular formula is C21H19N3O4S2. The first kappa shape index (κ1) is 19.1. The molecule has 0 unspecified atom stereocenters. The van der Waals surface area contributed by atoms with Gasteiger partial charge in [0, 0.05) is 10.3 Å². The van der Waals surface area contributed by atoms with E-state index in [2.05, 4.69) is 5.32 Å². The van der Waals surface area contributed by atoms with Crippen molar-refractivity contribution in [3.05, 3.63) is 52.4 Å². The van der Waals surface area contributed by atoms with Gasteiger partial charge in [-0.2, -0.15) is 0 Å². The maximum Gasteiger partial charge on any atom is 0.265 e. The maximum atomic E-state index is 13.1. The Morgan fingerprint density at radius 2 is 1.83 bits per heavy atom. The number of benzene rings is 2. The quantitative estimate of drug-likeness (QED) is 0.648. The van der Waals surface area contributed by atoms with E-state index in [9.17, 15) is 18.0 Å². The number of fused-ring (bicyclic) bond motifs is 1. The van der Waals surface area contributed by atoms with E-state index in [4.69, 9.17) is 5.73 Å². The first-order valence-corrected chi connectivity index (χ1v) is 11.9. The number of aryl methyl sites for hydroxylation is 1. The smallest absolute Gasteiger partial charge is 0.265 e. The molecule has 0 atom stereocenters. The van der Waals surface area contributed by atoms with Gasteiger partial charge in [0.05, 0.1) is 16.1 Å². The predicted molar refractivity (Wildman–Crippen MR) is 117 cm³/mol. The van der Waals surface area contributed by atoms with Crippen LogP contribution in [0.5, 0.6) is 0 Å². The Balaban J connectivity index is 1.47. The molecule has 7 nitrogen and oxygen atoms in total. The van der Waals surface area contributed by atoms with Crippen LogP contribution in [0.3, 0.4) is 0 Å². The number of amides is 2. The van der Waals surface area contributed by atoms with Gasteiger partial charge in [0.1, 0.15) is 11.5 Å². The number of hydrogen-bond donors (Lipinski definition) is 2. The molecule has 5 rings (SSSR count). The number of nitrogens with two attached hydrogens (primary N) is 1. The number of nitrogens with one attached hydrogen (secondary N) is 1. The Hall–Kier alpha value is -2.91. The summed E-state index contributed by atoms with van der Waals surface area (Å²) in [5.41, 5.74) is 7.34. The van der Waals surface area contributed by atoms with Crippen molar-refractivity contribution in [2.24, 2.45) is 5.73 Å². The Labute approximate surface area is 177 Å². The lowest BCUT2D eigenvalue weighted by atomic mass is 9.95. The van der Waals surface area contributed by atoms with E-state index < -0.39 is 21.8 Å². The second-order valence-corrected chi connectivity index (χ2v) is 10.4. The molecular weight excluding hydrogens is 422 g/mol. The van der Waals surface area contributed by atoms with Crippen molar-refractivity contribution in [1.82, 2.24) is 0 Å². The van der Waals surface area contributed by atoms with Crippen LogP contribution in [-0.2, 0) is 27.7 Å². The van der Waals surface area contributed by atoms with Crippen LogP contribution in [-0.4, -0.2) is 26.8 Å². The van der Waals surface area contributed by atoms with Gasteiger partial charge in [-0.1, -0.05) is 24.3 Å². The fraction of sp³-hybridized carbons (Fsp3) is 0.238. The Kier molecular flexibility index (Phi) is 4.33. The van der Waals surface area contributed by atoms with Gasteiger partial charge in [-0.05, 0) is 48.8 Å². The topological polar surface area (TPSA) is 110 Å². The zero-order chi connectivity index (χ0) is 21.0. The van der Waals surface area contributed by atoms with Crippen molar-refractivity contribution in [3.8, 4) is 0 Å². The zero-order valence-corrected chi connectivity index (χ0v) is 17.6. The average molecular weight is 442 g/mol. The Bertz CT molecular complexity index is 1320. The van der Waals surface area contributed by atoms with Crippen LogP contribution in [0.1, 0.15) is 33.6 Å². The molecule has 2 heterocycles. The third kappa shape index (κ3) is 2.80. The molecule has 3 N–H and O–H groups in total. The predicted octanol–water partition coefficient (Wildman–Crippen LogP) is 3.03. The van der Waals surface area contributed by atoms with E-state index in [1.165, 1.54) is 11.3 Å². The summed E-state index contributed by atoms with van der Waals surface area (Å²) in [5, 5.41) is 4.58. The lowest BCUT2D eigenvalue weighted by Crippen LogP contribution is -2.35. The minimum absolute atomic E-state index is 0.202. The van der Waals surface area contributed by atoms with Gasteiger partial charge in [0.25, 0.3) is 15.9 Å². The highest BCUT2D eigenvalue weighted by Crippen LogP contribution is 2.42. The molecule has 154 valence electrons. The van der Waals surface area contributed by atoms with Crippen molar-refractivity contribution in [1.29, 1.82) is 0 Å². The van der Waals surface area contributed by atoms with Crippen LogP contribution in [0, 0.1) is 0 Å². The number of carbonyl (C=O) groups excluding carboxylic acids is 2. The zero-order valence-electron chi connectivity index (χ0n) is 16.0. The van der Waals surface area contributed by atoms with Crippen LogP contribution in [0.25, 0.3) is 10.8 Å². The molecule has 2 aromatic carbocycles. The van der Waals surface area contributed by atoms with E-state index in [-0.39, 0.29) is 11.4 Å². The van der Waals surface area contributed by atoms with E-state index >= 15 is 0 Å². The molecule has 9 heteroatoms. The Morgan fingerprint density at radius 1 is 1.10 bits per heavy atom. The van der Waals surface area contributed by atoms with Crippen LogP contribution >= 0.6 is 11.3 Å². The van der Waals surface area contributed by atoms with Gasteiger partial charge in [0.15, 0.2) is 0 Å². The molecule has 0 saturated carbocycles. The van der Waals surface area contributed by atoms with Crippen LogP contribution in [0.2, 0.25) is 0 Å². The van der Waals surface area contributed by atoms with Crippen LogP contribution in [0.4, 0.5) is 10.7 Å². The van der Waals surface area contributed by atoms with Gasteiger partial charge < -0.3 is 11.1 Å². The molecule has 1 aliphatic heterocycles. The highest BCUT2D eigenvalue weighted by Gasteiger charge is 2.37. The molecule has 30 heavy (non-hydrogen) atoms. The number of hydrogen-bond acceptors (Lipinski definition) is 5. The molecule has 0 radical (unpaired) electrons. The standard InChI is InChI=1S/C21H19N3O4S2/c22-20(26)19-13-7-1-2-9-15(13)29-21(19)23-17(25)11-24-14-8-3-5-12-6-4-10-16(18(12)14)30(24,27)28/h3-6,8,10H,1-2,7,9,11H2,(H2,22,26)(H,23,25). The molecule has 1 aromatic heterocycles. The first-order chi connectivity index (χ1) is 14.4.